The first-order valence-electron chi connectivity index (χ1n) is 6.50. The zero-order chi connectivity index (χ0) is 14.8. The van der Waals surface area contributed by atoms with Gasteiger partial charge in [-0.15, -0.1) is 0 Å². The number of carbonyl (C=O) groups excluding carboxylic acids is 1. The van der Waals surface area contributed by atoms with Gasteiger partial charge in [0.2, 0.25) is 0 Å². The summed E-state index contributed by atoms with van der Waals surface area (Å²) in [5.74, 6) is -0.455. The smallest absolute Gasteiger partial charge is 0.337 e. The number of H-pyrrole nitrogens is 1. The van der Waals surface area contributed by atoms with Crippen LogP contribution in [0.1, 0.15) is 10.4 Å². The molecule has 104 valence electrons. The van der Waals surface area contributed by atoms with Gasteiger partial charge >= 0.3 is 5.97 Å². The van der Waals surface area contributed by atoms with Crippen LogP contribution in [0.5, 0.6) is 0 Å². The SMILES string of the molecule is COC(=O)c1ccc2[nH]c(-c3ccccc3)cc(=O)c2c1. The summed E-state index contributed by atoms with van der Waals surface area (Å²) in [7, 11) is 1.31. The average molecular weight is 279 g/mol. The molecule has 0 unspecified atom stereocenters. The molecule has 0 atom stereocenters. The Morgan fingerprint density at radius 1 is 1.05 bits per heavy atom. The minimum atomic E-state index is -0.455. The first-order valence-corrected chi connectivity index (χ1v) is 6.50. The fourth-order valence-corrected chi connectivity index (χ4v) is 2.27. The monoisotopic (exact) mass is 279 g/mol. The van der Waals surface area contributed by atoms with E-state index in [1.54, 1.807) is 24.3 Å². The van der Waals surface area contributed by atoms with E-state index < -0.39 is 5.97 Å². The number of nitrogens with one attached hydrogen (secondary N) is 1. The first-order chi connectivity index (χ1) is 10.2. The summed E-state index contributed by atoms with van der Waals surface area (Å²) in [5.41, 5.74) is 2.61. The van der Waals surface area contributed by atoms with Crippen LogP contribution in [0, 0.1) is 0 Å². The van der Waals surface area contributed by atoms with Crippen molar-refractivity contribution in [2.24, 2.45) is 0 Å². The van der Waals surface area contributed by atoms with Crippen molar-refractivity contribution >= 4 is 16.9 Å². The van der Waals surface area contributed by atoms with E-state index in [1.807, 2.05) is 30.3 Å². The quantitative estimate of drug-likeness (QED) is 0.734. The zero-order valence-corrected chi connectivity index (χ0v) is 11.4. The second-order valence-corrected chi connectivity index (χ2v) is 4.67. The van der Waals surface area contributed by atoms with Crippen LogP contribution in [0.2, 0.25) is 0 Å². The maximum Gasteiger partial charge on any atom is 0.337 e. The molecule has 1 heterocycles. The molecule has 0 aliphatic rings. The maximum atomic E-state index is 12.3. The van der Waals surface area contributed by atoms with Crippen molar-refractivity contribution in [1.82, 2.24) is 4.98 Å². The van der Waals surface area contributed by atoms with Gasteiger partial charge in [0.05, 0.1) is 12.7 Å². The van der Waals surface area contributed by atoms with Crippen LogP contribution in [-0.2, 0) is 4.74 Å². The minimum Gasteiger partial charge on any atom is -0.465 e. The van der Waals surface area contributed by atoms with E-state index in [-0.39, 0.29) is 5.43 Å². The number of methoxy groups -OCH3 is 1. The van der Waals surface area contributed by atoms with E-state index in [0.29, 0.717) is 16.5 Å². The summed E-state index contributed by atoms with van der Waals surface area (Å²) in [6.07, 6.45) is 0. The molecule has 21 heavy (non-hydrogen) atoms. The van der Waals surface area contributed by atoms with Crippen LogP contribution in [0.3, 0.4) is 0 Å². The molecule has 2 aromatic carbocycles. The van der Waals surface area contributed by atoms with Crippen LogP contribution in [0.15, 0.2) is 59.4 Å². The molecule has 3 aromatic rings. The number of pyridine rings is 1. The summed E-state index contributed by atoms with van der Waals surface area (Å²) in [6.45, 7) is 0. The Labute approximate surface area is 121 Å². The summed E-state index contributed by atoms with van der Waals surface area (Å²) < 4.78 is 4.67. The van der Waals surface area contributed by atoms with Gasteiger partial charge in [-0.1, -0.05) is 30.3 Å². The molecule has 4 heteroatoms. The van der Waals surface area contributed by atoms with Gasteiger partial charge in [0, 0.05) is 22.7 Å². The van der Waals surface area contributed by atoms with Gasteiger partial charge in [-0.25, -0.2) is 4.79 Å². The van der Waals surface area contributed by atoms with Gasteiger partial charge in [0.15, 0.2) is 5.43 Å². The molecule has 4 nitrogen and oxygen atoms in total. The molecule has 3 rings (SSSR count). The molecule has 0 radical (unpaired) electrons. The lowest BCUT2D eigenvalue weighted by molar-refractivity contribution is 0.0601. The zero-order valence-electron chi connectivity index (χ0n) is 11.4. The Bertz CT molecular complexity index is 866. The van der Waals surface area contributed by atoms with Gasteiger partial charge in [-0.3, -0.25) is 4.79 Å². The molecular formula is C17H13NO3. The van der Waals surface area contributed by atoms with Crippen molar-refractivity contribution < 1.29 is 9.53 Å². The number of carbonyl (C=O) groups is 1. The Morgan fingerprint density at radius 2 is 1.81 bits per heavy atom. The van der Waals surface area contributed by atoms with Crippen LogP contribution in [-0.4, -0.2) is 18.1 Å². The lowest BCUT2D eigenvalue weighted by atomic mass is 10.1. The third kappa shape index (κ3) is 2.43. The van der Waals surface area contributed by atoms with Crippen molar-refractivity contribution in [3.05, 3.63) is 70.4 Å². The predicted molar refractivity (Wildman–Crippen MR) is 81.3 cm³/mol. The van der Waals surface area contributed by atoms with Crippen LogP contribution < -0.4 is 5.43 Å². The van der Waals surface area contributed by atoms with E-state index in [9.17, 15) is 9.59 Å². The molecule has 1 N–H and O–H groups in total. The summed E-state index contributed by atoms with van der Waals surface area (Å²) in [5, 5.41) is 0.470. The molecule has 0 fully saturated rings. The highest BCUT2D eigenvalue weighted by molar-refractivity contribution is 5.94. The second-order valence-electron chi connectivity index (χ2n) is 4.67. The number of fused-ring (bicyclic) bond motifs is 1. The van der Waals surface area contributed by atoms with E-state index in [1.165, 1.54) is 7.11 Å². The summed E-state index contributed by atoms with van der Waals surface area (Å²) >= 11 is 0. The van der Waals surface area contributed by atoms with Gasteiger partial charge in [-0.2, -0.15) is 0 Å². The number of hydrogen-bond acceptors (Lipinski definition) is 3. The number of esters is 1. The molecule has 0 saturated carbocycles. The average Bonchev–Trinajstić information content (AvgIpc) is 2.54. The third-order valence-corrected chi connectivity index (χ3v) is 3.34. The highest BCUT2D eigenvalue weighted by Gasteiger charge is 2.09. The largest absolute Gasteiger partial charge is 0.465 e. The van der Waals surface area contributed by atoms with Crippen molar-refractivity contribution in [2.75, 3.05) is 7.11 Å². The normalized spacial score (nSPS) is 10.5. The van der Waals surface area contributed by atoms with Crippen LogP contribution >= 0.6 is 0 Å². The lowest BCUT2D eigenvalue weighted by Gasteiger charge is -2.06. The number of rotatable bonds is 2. The van der Waals surface area contributed by atoms with Gasteiger partial charge < -0.3 is 9.72 Å². The Morgan fingerprint density at radius 3 is 2.52 bits per heavy atom. The Hall–Kier alpha value is -2.88. The summed E-state index contributed by atoms with van der Waals surface area (Å²) in [6, 6.07) is 16.1. The third-order valence-electron chi connectivity index (χ3n) is 3.34. The van der Waals surface area contributed by atoms with E-state index in [0.717, 1.165) is 11.3 Å². The van der Waals surface area contributed by atoms with Gasteiger partial charge in [0.1, 0.15) is 0 Å². The van der Waals surface area contributed by atoms with Gasteiger partial charge in [0.25, 0.3) is 0 Å². The van der Waals surface area contributed by atoms with Crippen LogP contribution in [0.4, 0.5) is 0 Å². The number of aromatic nitrogens is 1. The molecule has 0 saturated heterocycles. The number of benzene rings is 2. The summed E-state index contributed by atoms with van der Waals surface area (Å²) in [4.78, 5) is 27.0. The van der Waals surface area contributed by atoms with Gasteiger partial charge in [-0.05, 0) is 23.8 Å². The van der Waals surface area contributed by atoms with Crippen molar-refractivity contribution in [2.45, 2.75) is 0 Å². The molecule has 1 aromatic heterocycles. The predicted octanol–water partition coefficient (Wildman–Crippen LogP) is 2.98. The molecule has 0 amide bonds. The topological polar surface area (TPSA) is 59.2 Å². The first kappa shape index (κ1) is 13.1. The Kier molecular flexibility index (Phi) is 3.28. The maximum absolute atomic E-state index is 12.3. The van der Waals surface area contributed by atoms with E-state index >= 15 is 0 Å². The second kappa shape index (κ2) is 5.25. The fraction of sp³-hybridized carbons (Fsp3) is 0.0588. The Balaban J connectivity index is 2.18. The molecular weight excluding hydrogens is 266 g/mol. The number of aromatic amines is 1. The van der Waals surface area contributed by atoms with E-state index in [4.69, 9.17) is 0 Å². The van der Waals surface area contributed by atoms with Crippen molar-refractivity contribution in [3.8, 4) is 11.3 Å². The molecule has 0 bridgehead atoms. The highest BCUT2D eigenvalue weighted by atomic mass is 16.5. The van der Waals surface area contributed by atoms with Crippen LogP contribution in [0.25, 0.3) is 22.2 Å². The van der Waals surface area contributed by atoms with E-state index in [2.05, 4.69) is 9.72 Å². The fourth-order valence-electron chi connectivity index (χ4n) is 2.27. The minimum absolute atomic E-state index is 0.131. The molecule has 0 spiro atoms. The highest BCUT2D eigenvalue weighted by Crippen LogP contribution is 2.19. The van der Waals surface area contributed by atoms with Crippen molar-refractivity contribution in [3.63, 3.8) is 0 Å². The molecule has 0 aliphatic heterocycles. The number of hydrogen-bond donors (Lipinski definition) is 1. The number of ether oxygens (including phenoxy) is 1. The van der Waals surface area contributed by atoms with Crippen molar-refractivity contribution in [1.29, 1.82) is 0 Å². The standard InChI is InChI=1S/C17H13NO3/c1-21-17(20)12-7-8-14-13(9-12)16(19)10-15(18-14)11-5-3-2-4-6-11/h2-10H,1H3,(H,18,19). The lowest BCUT2D eigenvalue weighted by Crippen LogP contribution is -2.06. The molecule has 0 aliphatic carbocycles.